The Labute approximate surface area is 170 Å². The van der Waals surface area contributed by atoms with Crippen LogP contribution < -0.4 is 10.6 Å². The average Bonchev–Trinajstić information content (AvgIpc) is 3.10. The van der Waals surface area contributed by atoms with E-state index in [4.69, 9.17) is 11.6 Å². The second kappa shape index (κ2) is 9.55. The van der Waals surface area contributed by atoms with Gasteiger partial charge in [-0.25, -0.2) is 4.98 Å². The molecule has 5 nitrogen and oxygen atoms in total. The zero-order valence-corrected chi connectivity index (χ0v) is 16.5. The molecular formula is C19H16ClN3O2S2. The zero-order chi connectivity index (χ0) is 19.1. The van der Waals surface area contributed by atoms with Crippen LogP contribution in [0.1, 0.15) is 5.69 Å². The monoisotopic (exact) mass is 417 g/mol. The number of nitrogens with zero attached hydrogens (tertiary/aromatic N) is 1. The largest absolute Gasteiger partial charge is 0.326 e. The maximum absolute atomic E-state index is 12.1. The van der Waals surface area contributed by atoms with Gasteiger partial charge >= 0.3 is 0 Å². The number of hydrogen-bond acceptors (Lipinski definition) is 5. The molecule has 2 aromatic carbocycles. The number of para-hydroxylation sites is 1. The number of hydrogen-bond donors (Lipinski definition) is 2. The first-order valence-electron chi connectivity index (χ1n) is 8.06. The van der Waals surface area contributed by atoms with Crippen LogP contribution in [0.2, 0.25) is 5.02 Å². The second-order valence-electron chi connectivity index (χ2n) is 5.54. The molecule has 0 saturated heterocycles. The summed E-state index contributed by atoms with van der Waals surface area (Å²) in [4.78, 5) is 28.5. The first kappa shape index (κ1) is 19.4. The second-order valence-corrected chi connectivity index (χ2v) is 8.06. The molecular weight excluding hydrogens is 402 g/mol. The molecule has 0 bridgehead atoms. The fourth-order valence-electron chi connectivity index (χ4n) is 2.18. The highest BCUT2D eigenvalue weighted by Gasteiger charge is 2.10. The van der Waals surface area contributed by atoms with Crippen molar-refractivity contribution < 1.29 is 9.59 Å². The molecule has 0 spiro atoms. The minimum absolute atomic E-state index is 0.122. The zero-order valence-electron chi connectivity index (χ0n) is 14.1. The van der Waals surface area contributed by atoms with Gasteiger partial charge in [0.2, 0.25) is 11.8 Å². The van der Waals surface area contributed by atoms with Crippen molar-refractivity contribution in [1.29, 1.82) is 0 Å². The molecule has 0 fully saturated rings. The number of rotatable bonds is 7. The van der Waals surface area contributed by atoms with Crippen molar-refractivity contribution in [3.8, 4) is 0 Å². The molecule has 0 aliphatic rings. The lowest BCUT2D eigenvalue weighted by Gasteiger charge is -2.04. The lowest BCUT2D eigenvalue weighted by atomic mass is 10.3. The summed E-state index contributed by atoms with van der Waals surface area (Å²) in [5, 5.41) is 8.08. The minimum atomic E-state index is -0.124. The molecule has 0 unspecified atom stereocenters. The van der Waals surface area contributed by atoms with E-state index in [1.807, 2.05) is 35.7 Å². The SMILES string of the molecule is O=C(CSc1nc(CC(=O)Nc2ccccc2)cs1)Nc1ccc(Cl)cc1. The first-order valence-corrected chi connectivity index (χ1v) is 10.3. The molecule has 0 aliphatic carbocycles. The van der Waals surface area contributed by atoms with Crippen molar-refractivity contribution in [3.63, 3.8) is 0 Å². The maximum Gasteiger partial charge on any atom is 0.234 e. The van der Waals surface area contributed by atoms with E-state index in [2.05, 4.69) is 15.6 Å². The Bertz CT molecular complexity index is 914. The third-order valence-corrected chi connectivity index (χ3v) is 5.71. The number of nitrogens with one attached hydrogen (secondary N) is 2. The van der Waals surface area contributed by atoms with Gasteiger partial charge in [-0.2, -0.15) is 0 Å². The topological polar surface area (TPSA) is 71.1 Å². The van der Waals surface area contributed by atoms with E-state index in [0.717, 1.165) is 10.0 Å². The number of aromatic nitrogens is 1. The van der Waals surface area contributed by atoms with Crippen LogP contribution in [0.15, 0.2) is 64.3 Å². The Morgan fingerprint density at radius 2 is 1.63 bits per heavy atom. The van der Waals surface area contributed by atoms with Crippen LogP contribution >= 0.6 is 34.7 Å². The van der Waals surface area contributed by atoms with Gasteiger partial charge in [0, 0.05) is 21.8 Å². The number of benzene rings is 2. The molecule has 138 valence electrons. The summed E-state index contributed by atoms with van der Waals surface area (Å²) in [7, 11) is 0. The van der Waals surface area contributed by atoms with E-state index in [1.165, 1.54) is 23.1 Å². The fourth-order valence-corrected chi connectivity index (χ4v) is 3.96. The summed E-state index contributed by atoms with van der Waals surface area (Å²) >= 11 is 8.58. The number of anilines is 2. The predicted octanol–water partition coefficient (Wildman–Crippen LogP) is 4.71. The molecule has 3 rings (SSSR count). The van der Waals surface area contributed by atoms with Gasteiger partial charge in [-0.05, 0) is 36.4 Å². The molecule has 0 radical (unpaired) electrons. The minimum Gasteiger partial charge on any atom is -0.326 e. The number of halogens is 1. The van der Waals surface area contributed by atoms with Crippen molar-refractivity contribution >= 4 is 57.9 Å². The number of thioether (sulfide) groups is 1. The van der Waals surface area contributed by atoms with Crippen molar-refractivity contribution in [2.24, 2.45) is 0 Å². The van der Waals surface area contributed by atoms with Crippen LogP contribution in [-0.2, 0) is 16.0 Å². The first-order chi connectivity index (χ1) is 13.1. The number of thiazole rings is 1. The van der Waals surface area contributed by atoms with Gasteiger partial charge in [0.05, 0.1) is 17.9 Å². The smallest absolute Gasteiger partial charge is 0.234 e. The third-order valence-electron chi connectivity index (χ3n) is 3.38. The molecule has 3 aromatic rings. The van der Waals surface area contributed by atoms with Gasteiger partial charge in [0.1, 0.15) is 0 Å². The molecule has 0 atom stereocenters. The Morgan fingerprint density at radius 1 is 0.963 bits per heavy atom. The molecule has 27 heavy (non-hydrogen) atoms. The van der Waals surface area contributed by atoms with Crippen molar-refractivity contribution in [1.82, 2.24) is 4.98 Å². The van der Waals surface area contributed by atoms with Gasteiger partial charge in [0.25, 0.3) is 0 Å². The van der Waals surface area contributed by atoms with E-state index < -0.39 is 0 Å². The lowest BCUT2D eigenvalue weighted by molar-refractivity contribution is -0.116. The van der Waals surface area contributed by atoms with Crippen molar-refractivity contribution in [2.45, 2.75) is 10.8 Å². The quantitative estimate of drug-likeness (QED) is 0.546. The standard InChI is InChI=1S/C19H16ClN3O2S2/c20-13-6-8-15(9-7-13)22-18(25)12-27-19-23-16(11-26-19)10-17(24)21-14-4-2-1-3-5-14/h1-9,11H,10,12H2,(H,21,24)(H,22,25). The van der Waals surface area contributed by atoms with Gasteiger partial charge in [-0.1, -0.05) is 41.6 Å². The fraction of sp³-hybridized carbons (Fsp3) is 0.105. The van der Waals surface area contributed by atoms with Gasteiger partial charge in [0.15, 0.2) is 4.34 Å². The van der Waals surface area contributed by atoms with Crippen LogP contribution in [0.25, 0.3) is 0 Å². The summed E-state index contributed by atoms with van der Waals surface area (Å²) in [6, 6.07) is 16.2. The van der Waals surface area contributed by atoms with Gasteiger partial charge in [-0.3, -0.25) is 9.59 Å². The summed E-state index contributed by atoms with van der Waals surface area (Å²) < 4.78 is 0.753. The normalized spacial score (nSPS) is 10.4. The Morgan fingerprint density at radius 3 is 2.37 bits per heavy atom. The van der Waals surface area contributed by atoms with E-state index in [-0.39, 0.29) is 24.0 Å². The predicted molar refractivity (Wildman–Crippen MR) is 112 cm³/mol. The van der Waals surface area contributed by atoms with Gasteiger partial charge in [-0.15, -0.1) is 11.3 Å². The Kier molecular flexibility index (Phi) is 6.86. The van der Waals surface area contributed by atoms with E-state index in [0.29, 0.717) is 16.4 Å². The third kappa shape index (κ3) is 6.39. The highest BCUT2D eigenvalue weighted by molar-refractivity contribution is 8.01. The van der Waals surface area contributed by atoms with Gasteiger partial charge < -0.3 is 10.6 Å². The molecule has 0 saturated carbocycles. The summed E-state index contributed by atoms with van der Waals surface area (Å²) in [6.45, 7) is 0. The number of amides is 2. The number of carbonyl (C=O) groups excluding carboxylic acids is 2. The molecule has 2 amide bonds. The highest BCUT2D eigenvalue weighted by Crippen LogP contribution is 2.23. The lowest BCUT2D eigenvalue weighted by Crippen LogP contribution is -2.14. The molecule has 0 aliphatic heterocycles. The van der Waals surface area contributed by atoms with E-state index >= 15 is 0 Å². The van der Waals surface area contributed by atoms with Crippen LogP contribution in [0.4, 0.5) is 11.4 Å². The maximum atomic E-state index is 12.1. The molecule has 8 heteroatoms. The van der Waals surface area contributed by atoms with Crippen LogP contribution in [0, 0.1) is 0 Å². The van der Waals surface area contributed by atoms with Crippen LogP contribution in [0.3, 0.4) is 0 Å². The molecule has 1 aromatic heterocycles. The van der Waals surface area contributed by atoms with E-state index in [1.54, 1.807) is 24.3 Å². The highest BCUT2D eigenvalue weighted by atomic mass is 35.5. The molecule has 2 N–H and O–H groups in total. The Balaban J connectivity index is 1.45. The van der Waals surface area contributed by atoms with E-state index in [9.17, 15) is 9.59 Å². The van der Waals surface area contributed by atoms with Crippen molar-refractivity contribution in [3.05, 3.63) is 70.7 Å². The van der Waals surface area contributed by atoms with Crippen LogP contribution in [0.5, 0.6) is 0 Å². The van der Waals surface area contributed by atoms with Crippen molar-refractivity contribution in [2.75, 3.05) is 16.4 Å². The summed E-state index contributed by atoms with van der Waals surface area (Å²) in [5.41, 5.74) is 2.14. The Hall–Kier alpha value is -2.35. The summed E-state index contributed by atoms with van der Waals surface area (Å²) in [5.74, 6) is -0.00405. The number of carbonyl (C=O) groups is 2. The summed E-state index contributed by atoms with van der Waals surface area (Å²) in [6.07, 6.45) is 0.197. The molecule has 1 heterocycles. The average molecular weight is 418 g/mol. The van der Waals surface area contributed by atoms with Crippen LogP contribution in [-0.4, -0.2) is 22.6 Å².